The van der Waals surface area contributed by atoms with Gasteiger partial charge in [-0.05, 0) is 37.1 Å². The number of halogens is 1. The Morgan fingerprint density at radius 3 is 2.76 bits per heavy atom. The van der Waals surface area contributed by atoms with E-state index in [-0.39, 0.29) is 11.9 Å². The van der Waals surface area contributed by atoms with Crippen molar-refractivity contribution in [3.05, 3.63) is 65.3 Å². The van der Waals surface area contributed by atoms with Crippen LogP contribution < -0.4 is 0 Å². The first-order valence-corrected chi connectivity index (χ1v) is 8.41. The molecule has 25 heavy (non-hydrogen) atoms. The van der Waals surface area contributed by atoms with E-state index in [1.807, 2.05) is 0 Å². The largest absolute Gasteiger partial charge is 0.418 e. The van der Waals surface area contributed by atoms with Gasteiger partial charge in [-0.3, -0.25) is 9.78 Å². The van der Waals surface area contributed by atoms with E-state index in [0.29, 0.717) is 28.9 Å². The third-order valence-electron chi connectivity index (χ3n) is 4.27. The van der Waals surface area contributed by atoms with Crippen LogP contribution in [0.2, 0.25) is 5.02 Å². The molecule has 4 rings (SSSR count). The molecule has 1 aliphatic heterocycles. The van der Waals surface area contributed by atoms with Gasteiger partial charge in [-0.25, -0.2) is 0 Å². The van der Waals surface area contributed by atoms with Crippen molar-refractivity contribution < 1.29 is 9.21 Å². The average Bonchev–Trinajstić information content (AvgIpc) is 3.31. The highest BCUT2D eigenvalue weighted by Gasteiger charge is 2.35. The number of carbonyl (C=O) groups excluding carboxylic acids is 1. The minimum Gasteiger partial charge on any atom is -0.418 e. The van der Waals surface area contributed by atoms with Crippen molar-refractivity contribution in [3.63, 3.8) is 0 Å². The Hall–Kier alpha value is -2.73. The Morgan fingerprint density at radius 2 is 1.96 bits per heavy atom. The van der Waals surface area contributed by atoms with Crippen LogP contribution in [0, 0.1) is 0 Å². The number of likely N-dealkylation sites (tertiary alicyclic amines) is 1. The molecule has 6 nitrogen and oxygen atoms in total. The maximum Gasteiger partial charge on any atom is 0.256 e. The number of aromatic nitrogens is 3. The second-order valence-electron chi connectivity index (χ2n) is 5.82. The van der Waals surface area contributed by atoms with Crippen LogP contribution in [0.3, 0.4) is 0 Å². The number of pyridine rings is 1. The molecule has 3 heterocycles. The average molecular weight is 355 g/mol. The quantitative estimate of drug-likeness (QED) is 0.716. The summed E-state index contributed by atoms with van der Waals surface area (Å²) in [4.78, 5) is 18.6. The maximum atomic E-state index is 12.9. The number of benzene rings is 1. The Morgan fingerprint density at radius 1 is 1.16 bits per heavy atom. The maximum absolute atomic E-state index is 12.9. The normalized spacial score (nSPS) is 17.0. The van der Waals surface area contributed by atoms with Crippen molar-refractivity contribution in [2.75, 3.05) is 6.54 Å². The van der Waals surface area contributed by atoms with E-state index in [9.17, 15) is 4.79 Å². The van der Waals surface area contributed by atoms with Crippen LogP contribution in [-0.4, -0.2) is 32.5 Å². The van der Waals surface area contributed by atoms with Gasteiger partial charge in [0.2, 0.25) is 11.8 Å². The number of hydrogen-bond donors (Lipinski definition) is 0. The second kappa shape index (κ2) is 6.64. The summed E-state index contributed by atoms with van der Waals surface area (Å²) < 4.78 is 5.82. The van der Waals surface area contributed by atoms with Gasteiger partial charge in [0.1, 0.15) is 6.04 Å². The fraction of sp³-hybridized carbons (Fsp3) is 0.222. The molecule has 1 fully saturated rings. The third kappa shape index (κ3) is 3.00. The zero-order chi connectivity index (χ0) is 17.2. The van der Waals surface area contributed by atoms with Gasteiger partial charge in [0.25, 0.3) is 5.91 Å². The van der Waals surface area contributed by atoms with Crippen LogP contribution in [0.15, 0.2) is 53.2 Å². The van der Waals surface area contributed by atoms with Crippen molar-refractivity contribution in [1.82, 2.24) is 20.1 Å². The zero-order valence-electron chi connectivity index (χ0n) is 13.3. The highest BCUT2D eigenvalue weighted by atomic mass is 35.5. The van der Waals surface area contributed by atoms with Crippen molar-refractivity contribution >= 4 is 17.5 Å². The summed E-state index contributed by atoms with van der Waals surface area (Å²) >= 11 is 6.17. The molecule has 126 valence electrons. The summed E-state index contributed by atoms with van der Waals surface area (Å²) in [6, 6.07) is 10.4. The molecule has 7 heteroatoms. The van der Waals surface area contributed by atoms with Gasteiger partial charge in [-0.2, -0.15) is 0 Å². The summed E-state index contributed by atoms with van der Waals surface area (Å²) in [5.74, 6) is 0.760. The molecule has 1 unspecified atom stereocenters. The fourth-order valence-electron chi connectivity index (χ4n) is 3.04. The van der Waals surface area contributed by atoms with E-state index in [0.717, 1.165) is 18.4 Å². The molecule has 0 radical (unpaired) electrons. The van der Waals surface area contributed by atoms with Gasteiger partial charge in [0.05, 0.1) is 10.6 Å². The predicted octanol–water partition coefficient (Wildman–Crippen LogP) is 3.76. The Bertz CT molecular complexity index is 897. The standard InChI is InChI=1S/C18H15ClN4O2/c19-14-5-2-1-4-13(14)18(24)23-11-3-6-15(23)17-22-21-16(25-17)12-7-9-20-10-8-12/h1-2,4-5,7-10,15H,3,6,11H2. The van der Waals surface area contributed by atoms with E-state index >= 15 is 0 Å². The minimum atomic E-state index is -0.230. The summed E-state index contributed by atoms with van der Waals surface area (Å²) in [6.45, 7) is 0.641. The molecule has 0 spiro atoms. The van der Waals surface area contributed by atoms with E-state index in [2.05, 4.69) is 15.2 Å². The summed E-state index contributed by atoms with van der Waals surface area (Å²) in [6.07, 6.45) is 5.01. The molecule has 0 N–H and O–H groups in total. The monoisotopic (exact) mass is 354 g/mol. The molecular weight excluding hydrogens is 340 g/mol. The Balaban J connectivity index is 1.61. The van der Waals surface area contributed by atoms with Gasteiger partial charge >= 0.3 is 0 Å². The molecule has 2 aromatic heterocycles. The number of rotatable bonds is 3. The van der Waals surface area contributed by atoms with Gasteiger partial charge < -0.3 is 9.32 Å². The number of amides is 1. The summed E-state index contributed by atoms with van der Waals surface area (Å²) in [5.41, 5.74) is 1.29. The van der Waals surface area contributed by atoms with E-state index < -0.39 is 0 Å². The first-order chi connectivity index (χ1) is 12.2. The molecule has 0 aliphatic carbocycles. The Kier molecular flexibility index (Phi) is 4.19. The molecule has 0 bridgehead atoms. The van der Waals surface area contributed by atoms with Crippen molar-refractivity contribution in [2.45, 2.75) is 18.9 Å². The predicted molar refractivity (Wildman–Crippen MR) is 92.0 cm³/mol. The number of hydrogen-bond acceptors (Lipinski definition) is 5. The molecule has 3 aromatic rings. The highest BCUT2D eigenvalue weighted by molar-refractivity contribution is 6.33. The summed E-state index contributed by atoms with van der Waals surface area (Å²) in [5, 5.41) is 8.71. The first kappa shape index (κ1) is 15.8. The van der Waals surface area contributed by atoms with Gasteiger partial charge in [0, 0.05) is 24.5 Å². The molecule has 0 saturated carbocycles. The highest BCUT2D eigenvalue weighted by Crippen LogP contribution is 2.34. The molecule has 1 amide bonds. The number of nitrogens with zero attached hydrogens (tertiary/aromatic N) is 4. The van der Waals surface area contributed by atoms with E-state index in [1.165, 1.54) is 0 Å². The molecular formula is C18H15ClN4O2. The van der Waals surface area contributed by atoms with Crippen molar-refractivity contribution in [3.8, 4) is 11.5 Å². The lowest BCUT2D eigenvalue weighted by Gasteiger charge is -2.22. The van der Waals surface area contributed by atoms with E-state index in [4.69, 9.17) is 16.0 Å². The minimum absolute atomic E-state index is 0.114. The number of carbonyl (C=O) groups is 1. The van der Waals surface area contributed by atoms with Crippen LogP contribution in [0.5, 0.6) is 0 Å². The van der Waals surface area contributed by atoms with Gasteiger partial charge in [0.15, 0.2) is 0 Å². The lowest BCUT2D eigenvalue weighted by molar-refractivity contribution is 0.0716. The SMILES string of the molecule is O=C(c1ccccc1Cl)N1CCCC1c1nnc(-c2ccncc2)o1. The molecule has 1 saturated heterocycles. The van der Waals surface area contributed by atoms with Crippen molar-refractivity contribution in [2.24, 2.45) is 0 Å². The van der Waals surface area contributed by atoms with E-state index in [1.54, 1.807) is 53.7 Å². The lowest BCUT2D eigenvalue weighted by atomic mass is 10.1. The Labute approximate surface area is 149 Å². The van der Waals surface area contributed by atoms with Crippen LogP contribution in [0.25, 0.3) is 11.5 Å². The third-order valence-corrected chi connectivity index (χ3v) is 4.60. The smallest absolute Gasteiger partial charge is 0.256 e. The topological polar surface area (TPSA) is 72.1 Å². The summed E-state index contributed by atoms with van der Waals surface area (Å²) in [7, 11) is 0. The molecule has 1 aliphatic rings. The van der Waals surface area contributed by atoms with Crippen LogP contribution in [-0.2, 0) is 0 Å². The lowest BCUT2D eigenvalue weighted by Crippen LogP contribution is -2.30. The van der Waals surface area contributed by atoms with Gasteiger partial charge in [-0.1, -0.05) is 23.7 Å². The van der Waals surface area contributed by atoms with Crippen LogP contribution >= 0.6 is 11.6 Å². The fourth-order valence-corrected chi connectivity index (χ4v) is 3.25. The van der Waals surface area contributed by atoms with Crippen LogP contribution in [0.1, 0.15) is 35.1 Å². The zero-order valence-corrected chi connectivity index (χ0v) is 14.1. The molecule has 1 atom stereocenters. The second-order valence-corrected chi connectivity index (χ2v) is 6.22. The van der Waals surface area contributed by atoms with Crippen LogP contribution in [0.4, 0.5) is 0 Å². The first-order valence-electron chi connectivity index (χ1n) is 8.03. The van der Waals surface area contributed by atoms with Gasteiger partial charge in [-0.15, -0.1) is 10.2 Å². The molecule has 1 aromatic carbocycles. The van der Waals surface area contributed by atoms with Crippen molar-refractivity contribution in [1.29, 1.82) is 0 Å².